The third kappa shape index (κ3) is 3.73. The van der Waals surface area contributed by atoms with E-state index in [9.17, 15) is 13.2 Å². The van der Waals surface area contributed by atoms with Crippen LogP contribution in [0, 0.1) is 13.8 Å². The van der Waals surface area contributed by atoms with Crippen molar-refractivity contribution in [1.29, 1.82) is 0 Å². The van der Waals surface area contributed by atoms with Crippen LogP contribution in [0.4, 0.5) is 5.69 Å². The van der Waals surface area contributed by atoms with E-state index in [0.717, 1.165) is 16.8 Å². The number of methoxy groups -OCH3 is 1. The Morgan fingerprint density at radius 2 is 1.69 bits per heavy atom. The zero-order valence-electron chi connectivity index (χ0n) is 15.0. The molecule has 0 unspecified atom stereocenters. The Hall–Kier alpha value is -2.38. The first-order valence-electron chi connectivity index (χ1n) is 8.36. The van der Waals surface area contributed by atoms with Crippen LogP contribution in [0.2, 0.25) is 0 Å². The summed E-state index contributed by atoms with van der Waals surface area (Å²) >= 11 is 0. The number of hydrogen-bond acceptors (Lipinski definition) is 4. The van der Waals surface area contributed by atoms with Crippen LogP contribution in [0.5, 0.6) is 5.75 Å². The Balaban J connectivity index is 1.77. The van der Waals surface area contributed by atoms with Gasteiger partial charge in [-0.1, -0.05) is 6.07 Å². The molecule has 0 spiro atoms. The Kier molecular flexibility index (Phi) is 5.02. The van der Waals surface area contributed by atoms with E-state index >= 15 is 0 Å². The summed E-state index contributed by atoms with van der Waals surface area (Å²) < 4.78 is 32.7. The molecule has 0 aliphatic carbocycles. The molecule has 0 bridgehead atoms. The van der Waals surface area contributed by atoms with E-state index in [1.54, 1.807) is 17.0 Å². The molecule has 1 heterocycles. The Morgan fingerprint density at radius 3 is 2.27 bits per heavy atom. The molecule has 1 aliphatic rings. The topological polar surface area (TPSA) is 75.7 Å². The Bertz CT molecular complexity index is 903. The van der Waals surface area contributed by atoms with Gasteiger partial charge < -0.3 is 9.64 Å². The molecular weight excluding hydrogens is 352 g/mol. The molecule has 1 fully saturated rings. The van der Waals surface area contributed by atoms with Crippen molar-refractivity contribution in [1.82, 2.24) is 4.72 Å². The van der Waals surface area contributed by atoms with Gasteiger partial charge in [-0.25, -0.2) is 8.42 Å². The molecule has 3 rings (SSSR count). The summed E-state index contributed by atoms with van der Waals surface area (Å²) in [6, 6.07) is 11.2. The average molecular weight is 374 g/mol. The van der Waals surface area contributed by atoms with E-state index in [1.807, 2.05) is 32.0 Å². The quantitative estimate of drug-likeness (QED) is 0.872. The normalized spacial score (nSPS) is 17.6. The minimum absolute atomic E-state index is 0.107. The van der Waals surface area contributed by atoms with Crippen LogP contribution >= 0.6 is 0 Å². The van der Waals surface area contributed by atoms with E-state index in [1.165, 1.54) is 19.2 Å². The van der Waals surface area contributed by atoms with E-state index in [2.05, 4.69) is 4.72 Å². The lowest BCUT2D eigenvalue weighted by molar-refractivity contribution is -0.118. The number of nitrogens with one attached hydrogen (secondary N) is 1. The summed E-state index contributed by atoms with van der Waals surface area (Å²) in [7, 11) is -2.26. The van der Waals surface area contributed by atoms with Crippen LogP contribution in [0.3, 0.4) is 0 Å². The van der Waals surface area contributed by atoms with Crippen molar-refractivity contribution in [2.24, 2.45) is 0 Å². The maximum atomic E-state index is 12.7. The first-order valence-corrected chi connectivity index (χ1v) is 9.84. The number of sulfonamides is 1. The van der Waals surface area contributed by atoms with Crippen LogP contribution in [0.15, 0.2) is 47.4 Å². The van der Waals surface area contributed by atoms with Gasteiger partial charge in [-0.15, -0.1) is 0 Å². The van der Waals surface area contributed by atoms with Gasteiger partial charge in [0.2, 0.25) is 15.9 Å². The molecule has 1 atom stereocenters. The SMILES string of the molecule is COc1ccc(S(=O)(=O)N[C@@H]2CCN(c3cc(C)cc(C)c3)C2=O)cc1. The second-order valence-corrected chi connectivity index (χ2v) is 8.19. The summed E-state index contributed by atoms with van der Waals surface area (Å²) in [6.45, 7) is 4.43. The molecule has 1 aliphatic heterocycles. The molecule has 0 aromatic heterocycles. The number of hydrogen-bond donors (Lipinski definition) is 1. The lowest BCUT2D eigenvalue weighted by Crippen LogP contribution is -2.41. The number of anilines is 1. The van der Waals surface area contributed by atoms with Crippen molar-refractivity contribution in [3.63, 3.8) is 0 Å². The summed E-state index contributed by atoms with van der Waals surface area (Å²) in [5, 5.41) is 0. The Labute approximate surface area is 153 Å². The number of carbonyl (C=O) groups excluding carboxylic acids is 1. The van der Waals surface area contributed by atoms with Gasteiger partial charge in [-0.3, -0.25) is 4.79 Å². The van der Waals surface area contributed by atoms with Crippen molar-refractivity contribution in [3.8, 4) is 5.75 Å². The van der Waals surface area contributed by atoms with Crippen LogP contribution in [0.1, 0.15) is 17.5 Å². The molecule has 2 aromatic rings. The summed E-state index contributed by atoms with van der Waals surface area (Å²) in [4.78, 5) is 14.5. The van der Waals surface area contributed by atoms with Gasteiger partial charge in [0, 0.05) is 12.2 Å². The highest BCUT2D eigenvalue weighted by Gasteiger charge is 2.35. The highest BCUT2D eigenvalue weighted by atomic mass is 32.2. The number of rotatable bonds is 5. The van der Waals surface area contributed by atoms with Crippen LogP contribution in [-0.2, 0) is 14.8 Å². The largest absolute Gasteiger partial charge is 0.497 e. The fourth-order valence-corrected chi connectivity index (χ4v) is 4.39. The second-order valence-electron chi connectivity index (χ2n) is 6.47. The lowest BCUT2D eigenvalue weighted by atomic mass is 10.1. The lowest BCUT2D eigenvalue weighted by Gasteiger charge is -2.18. The molecule has 0 radical (unpaired) electrons. The molecule has 1 saturated heterocycles. The minimum Gasteiger partial charge on any atom is -0.497 e. The number of ether oxygens (including phenoxy) is 1. The third-order valence-corrected chi connectivity index (χ3v) is 5.88. The van der Waals surface area contributed by atoms with Crippen molar-refractivity contribution >= 4 is 21.6 Å². The molecule has 7 heteroatoms. The molecule has 1 N–H and O–H groups in total. The predicted molar refractivity (Wildman–Crippen MR) is 100.0 cm³/mol. The summed E-state index contributed by atoms with van der Waals surface area (Å²) in [6.07, 6.45) is 0.432. The first kappa shape index (κ1) is 18.4. The first-order chi connectivity index (χ1) is 12.3. The van der Waals surface area contributed by atoms with Crippen LogP contribution in [0.25, 0.3) is 0 Å². The average Bonchev–Trinajstić information content (AvgIpc) is 2.94. The monoisotopic (exact) mass is 374 g/mol. The number of aryl methyl sites for hydroxylation is 2. The molecular formula is C19H22N2O4S. The number of amides is 1. The summed E-state index contributed by atoms with van der Waals surface area (Å²) in [5.74, 6) is 0.342. The highest BCUT2D eigenvalue weighted by molar-refractivity contribution is 7.89. The molecule has 1 amide bonds. The number of benzene rings is 2. The van der Waals surface area contributed by atoms with E-state index < -0.39 is 16.1 Å². The number of nitrogens with zero attached hydrogens (tertiary/aromatic N) is 1. The van der Waals surface area contributed by atoms with Gasteiger partial charge in [0.25, 0.3) is 0 Å². The van der Waals surface area contributed by atoms with E-state index in [0.29, 0.717) is 18.7 Å². The summed E-state index contributed by atoms with van der Waals surface area (Å²) in [5.41, 5.74) is 2.93. The van der Waals surface area contributed by atoms with Gasteiger partial charge in [0.05, 0.1) is 12.0 Å². The van der Waals surface area contributed by atoms with Gasteiger partial charge in [-0.05, 0) is 67.8 Å². The fraction of sp³-hybridized carbons (Fsp3) is 0.316. The molecule has 0 saturated carbocycles. The van der Waals surface area contributed by atoms with Gasteiger partial charge >= 0.3 is 0 Å². The smallest absolute Gasteiger partial charge is 0.245 e. The van der Waals surface area contributed by atoms with Crippen molar-refractivity contribution in [3.05, 3.63) is 53.6 Å². The van der Waals surface area contributed by atoms with Crippen LogP contribution in [-0.4, -0.2) is 34.0 Å². The van der Waals surface area contributed by atoms with E-state index in [-0.39, 0.29) is 10.8 Å². The zero-order chi connectivity index (χ0) is 18.9. The van der Waals surface area contributed by atoms with E-state index in [4.69, 9.17) is 4.74 Å². The minimum atomic E-state index is -3.78. The molecule has 138 valence electrons. The van der Waals surface area contributed by atoms with Gasteiger partial charge in [0.15, 0.2) is 0 Å². The Morgan fingerprint density at radius 1 is 1.08 bits per heavy atom. The number of carbonyl (C=O) groups is 1. The van der Waals surface area contributed by atoms with Crippen molar-refractivity contribution < 1.29 is 17.9 Å². The van der Waals surface area contributed by atoms with Crippen molar-refractivity contribution in [2.45, 2.75) is 31.2 Å². The van der Waals surface area contributed by atoms with Gasteiger partial charge in [-0.2, -0.15) is 4.72 Å². The molecule has 2 aromatic carbocycles. The van der Waals surface area contributed by atoms with Crippen LogP contribution < -0.4 is 14.4 Å². The maximum absolute atomic E-state index is 12.7. The molecule has 26 heavy (non-hydrogen) atoms. The standard InChI is InChI=1S/C19H22N2O4S/c1-13-10-14(2)12-15(11-13)21-9-8-18(19(21)22)20-26(23,24)17-6-4-16(25-3)5-7-17/h4-7,10-12,18,20H,8-9H2,1-3H3/t18-/m1/s1. The van der Waals surface area contributed by atoms with Crippen molar-refractivity contribution in [2.75, 3.05) is 18.6 Å². The van der Waals surface area contributed by atoms with Gasteiger partial charge in [0.1, 0.15) is 11.8 Å². The highest BCUT2D eigenvalue weighted by Crippen LogP contribution is 2.25. The molecule has 6 nitrogen and oxygen atoms in total. The zero-order valence-corrected chi connectivity index (χ0v) is 15.8. The predicted octanol–water partition coefficient (Wildman–Crippen LogP) is 2.40. The third-order valence-electron chi connectivity index (χ3n) is 4.39. The maximum Gasteiger partial charge on any atom is 0.245 e. The fourth-order valence-electron chi connectivity index (χ4n) is 3.16. The second kappa shape index (κ2) is 7.09.